The minimum Gasteiger partial charge on any atom is -0.462 e. The number of rotatable bonds is 1. The van der Waals surface area contributed by atoms with Gasteiger partial charge >= 0.3 is 6.18 Å². The standard InChI is InChI=1S/C15H12F3N3O2.ClH/c16-15(17,18)14-20-10-2-1-9-11(22)4-6-23-13(9)12(10)21(14)8-3-5-19-7-8;/h1-2,4,6,8,19H,3,5,7H2;1H. The lowest BCUT2D eigenvalue weighted by molar-refractivity contribution is -0.147. The van der Waals surface area contributed by atoms with Crippen LogP contribution in [0.3, 0.4) is 0 Å². The van der Waals surface area contributed by atoms with Crippen molar-refractivity contribution in [2.24, 2.45) is 0 Å². The molecule has 5 nitrogen and oxygen atoms in total. The summed E-state index contributed by atoms with van der Waals surface area (Å²) in [7, 11) is 0. The maximum atomic E-state index is 13.4. The number of nitrogens with one attached hydrogen (secondary N) is 1. The third-order valence-electron chi connectivity index (χ3n) is 4.13. The van der Waals surface area contributed by atoms with Crippen LogP contribution < -0.4 is 10.7 Å². The molecule has 0 bridgehead atoms. The topological polar surface area (TPSA) is 60.1 Å². The molecule has 9 heteroatoms. The number of hydrogen-bond acceptors (Lipinski definition) is 4. The van der Waals surface area contributed by atoms with Crippen LogP contribution in [0.1, 0.15) is 18.3 Å². The molecule has 24 heavy (non-hydrogen) atoms. The van der Waals surface area contributed by atoms with Gasteiger partial charge in [0.1, 0.15) is 5.52 Å². The summed E-state index contributed by atoms with van der Waals surface area (Å²) in [6.07, 6.45) is -2.83. The van der Waals surface area contributed by atoms with Gasteiger partial charge in [-0.25, -0.2) is 4.98 Å². The Bertz CT molecular complexity index is 958. The highest BCUT2D eigenvalue weighted by molar-refractivity contribution is 6.00. The van der Waals surface area contributed by atoms with Crippen molar-refractivity contribution in [1.82, 2.24) is 14.9 Å². The van der Waals surface area contributed by atoms with E-state index in [4.69, 9.17) is 4.42 Å². The number of benzene rings is 1. The zero-order chi connectivity index (χ0) is 16.2. The molecule has 4 rings (SSSR count). The van der Waals surface area contributed by atoms with Gasteiger partial charge in [-0.3, -0.25) is 4.79 Å². The summed E-state index contributed by atoms with van der Waals surface area (Å²) in [6.45, 7) is 1.05. The summed E-state index contributed by atoms with van der Waals surface area (Å²) in [4.78, 5) is 15.7. The number of nitrogens with zero attached hydrogens (tertiary/aromatic N) is 2. The fourth-order valence-electron chi connectivity index (χ4n) is 3.14. The fraction of sp³-hybridized carbons (Fsp3) is 0.333. The smallest absolute Gasteiger partial charge is 0.449 e. The van der Waals surface area contributed by atoms with Crippen molar-refractivity contribution in [3.05, 3.63) is 40.5 Å². The number of halogens is 4. The first-order valence-corrected chi connectivity index (χ1v) is 7.17. The van der Waals surface area contributed by atoms with Crippen molar-refractivity contribution in [1.29, 1.82) is 0 Å². The van der Waals surface area contributed by atoms with Gasteiger partial charge in [0.25, 0.3) is 0 Å². The molecular weight excluding hydrogens is 347 g/mol. The van der Waals surface area contributed by atoms with Crippen LogP contribution in [0.15, 0.2) is 33.7 Å². The first kappa shape index (κ1) is 16.8. The molecule has 1 aliphatic rings. The van der Waals surface area contributed by atoms with Crippen molar-refractivity contribution < 1.29 is 17.6 Å². The molecule has 128 valence electrons. The van der Waals surface area contributed by atoms with E-state index in [1.165, 1.54) is 29.0 Å². The minimum absolute atomic E-state index is 0. The van der Waals surface area contributed by atoms with E-state index in [9.17, 15) is 18.0 Å². The molecule has 1 unspecified atom stereocenters. The van der Waals surface area contributed by atoms with Crippen LogP contribution in [0.5, 0.6) is 0 Å². The van der Waals surface area contributed by atoms with Crippen LogP contribution in [0.4, 0.5) is 13.2 Å². The lowest BCUT2D eigenvalue weighted by atomic mass is 10.2. The first-order valence-electron chi connectivity index (χ1n) is 7.17. The fourth-order valence-corrected chi connectivity index (χ4v) is 3.14. The van der Waals surface area contributed by atoms with Crippen LogP contribution in [-0.4, -0.2) is 22.6 Å². The number of alkyl halides is 3. The number of imidazole rings is 1. The van der Waals surface area contributed by atoms with Gasteiger partial charge in [0, 0.05) is 18.7 Å². The van der Waals surface area contributed by atoms with Crippen LogP contribution >= 0.6 is 12.4 Å². The second-order valence-electron chi connectivity index (χ2n) is 5.54. The second-order valence-corrected chi connectivity index (χ2v) is 5.54. The Morgan fingerprint density at radius 1 is 1.29 bits per heavy atom. The molecule has 0 aliphatic carbocycles. The van der Waals surface area contributed by atoms with Gasteiger partial charge in [0.15, 0.2) is 11.0 Å². The average Bonchev–Trinajstić information content (AvgIpc) is 3.13. The van der Waals surface area contributed by atoms with Crippen molar-refractivity contribution >= 4 is 34.4 Å². The third kappa shape index (κ3) is 2.46. The third-order valence-corrected chi connectivity index (χ3v) is 4.13. The van der Waals surface area contributed by atoms with Crippen molar-refractivity contribution in [3.63, 3.8) is 0 Å². The predicted molar refractivity (Wildman–Crippen MR) is 84.5 cm³/mol. The Kier molecular flexibility index (Phi) is 4.05. The zero-order valence-corrected chi connectivity index (χ0v) is 13.1. The largest absolute Gasteiger partial charge is 0.462 e. The number of fused-ring (bicyclic) bond motifs is 3. The van der Waals surface area contributed by atoms with Gasteiger partial charge in [0.2, 0.25) is 5.82 Å². The molecule has 1 aliphatic heterocycles. The van der Waals surface area contributed by atoms with Gasteiger partial charge in [0.05, 0.1) is 17.2 Å². The first-order chi connectivity index (χ1) is 11.0. The Labute approximate surface area is 139 Å². The van der Waals surface area contributed by atoms with Crippen molar-refractivity contribution in [2.45, 2.75) is 18.6 Å². The van der Waals surface area contributed by atoms with Crippen molar-refractivity contribution in [3.8, 4) is 0 Å². The molecule has 3 aromatic rings. The van der Waals surface area contributed by atoms with E-state index in [0.29, 0.717) is 19.5 Å². The summed E-state index contributed by atoms with van der Waals surface area (Å²) in [5.41, 5.74) is 0.246. The molecule has 1 atom stereocenters. The predicted octanol–water partition coefficient (Wildman–Crippen LogP) is 3.12. The molecule has 0 radical (unpaired) electrons. The van der Waals surface area contributed by atoms with E-state index >= 15 is 0 Å². The molecular formula is C15H13ClF3N3O2. The normalized spacial score (nSPS) is 18.2. The van der Waals surface area contributed by atoms with E-state index in [2.05, 4.69) is 10.3 Å². The molecule has 1 aromatic carbocycles. The zero-order valence-electron chi connectivity index (χ0n) is 12.3. The van der Waals surface area contributed by atoms with Gasteiger partial charge in [-0.15, -0.1) is 12.4 Å². The van der Waals surface area contributed by atoms with Crippen LogP contribution in [0.2, 0.25) is 0 Å². The van der Waals surface area contributed by atoms with E-state index in [1.54, 1.807) is 0 Å². The van der Waals surface area contributed by atoms with Gasteiger partial charge in [-0.1, -0.05) is 0 Å². The SMILES string of the molecule is Cl.O=c1ccoc2c1ccc1nc(C(F)(F)F)n(C3CCNC3)c12. The summed E-state index contributed by atoms with van der Waals surface area (Å²) in [5, 5.41) is 3.31. The molecule has 3 heterocycles. The van der Waals surface area contributed by atoms with E-state index in [-0.39, 0.29) is 45.9 Å². The monoisotopic (exact) mass is 359 g/mol. The summed E-state index contributed by atoms with van der Waals surface area (Å²) in [5.74, 6) is -0.958. The summed E-state index contributed by atoms with van der Waals surface area (Å²) < 4.78 is 46.8. The highest BCUT2D eigenvalue weighted by Crippen LogP contribution is 2.37. The Balaban J connectivity index is 0.00000169. The quantitative estimate of drug-likeness (QED) is 0.725. The van der Waals surface area contributed by atoms with Gasteiger partial charge in [-0.05, 0) is 25.1 Å². The summed E-state index contributed by atoms with van der Waals surface area (Å²) in [6, 6.07) is 3.75. The maximum Gasteiger partial charge on any atom is 0.449 e. The molecule has 0 amide bonds. The van der Waals surface area contributed by atoms with Gasteiger partial charge < -0.3 is 14.3 Å². The van der Waals surface area contributed by atoms with E-state index < -0.39 is 12.0 Å². The van der Waals surface area contributed by atoms with Crippen LogP contribution in [0, 0.1) is 0 Å². The molecule has 0 saturated carbocycles. The average molecular weight is 360 g/mol. The van der Waals surface area contributed by atoms with E-state index in [1.807, 2.05) is 0 Å². The van der Waals surface area contributed by atoms with Crippen molar-refractivity contribution in [2.75, 3.05) is 13.1 Å². The lowest BCUT2D eigenvalue weighted by Crippen LogP contribution is -2.21. The Hall–Kier alpha value is -2.06. The second kappa shape index (κ2) is 5.78. The van der Waals surface area contributed by atoms with Gasteiger partial charge in [-0.2, -0.15) is 13.2 Å². The molecule has 2 aromatic heterocycles. The summed E-state index contributed by atoms with van der Waals surface area (Å²) >= 11 is 0. The lowest BCUT2D eigenvalue weighted by Gasteiger charge is -2.17. The Morgan fingerprint density at radius 3 is 2.75 bits per heavy atom. The molecule has 1 fully saturated rings. The minimum atomic E-state index is -4.58. The Morgan fingerprint density at radius 2 is 2.08 bits per heavy atom. The molecule has 1 N–H and O–H groups in total. The maximum absolute atomic E-state index is 13.4. The molecule has 0 spiro atoms. The van der Waals surface area contributed by atoms with Crippen LogP contribution in [0.25, 0.3) is 22.0 Å². The number of hydrogen-bond donors (Lipinski definition) is 1. The highest BCUT2D eigenvalue weighted by atomic mass is 35.5. The highest BCUT2D eigenvalue weighted by Gasteiger charge is 2.40. The van der Waals surface area contributed by atoms with Crippen LogP contribution in [-0.2, 0) is 6.18 Å². The molecule has 1 saturated heterocycles. The number of aromatic nitrogens is 2. The van der Waals surface area contributed by atoms with E-state index in [0.717, 1.165) is 0 Å².